The molecule has 5 heteroatoms. The predicted molar refractivity (Wildman–Crippen MR) is 70.6 cm³/mol. The van der Waals surface area contributed by atoms with Gasteiger partial charge in [0.15, 0.2) is 0 Å². The van der Waals surface area contributed by atoms with Crippen molar-refractivity contribution in [3.63, 3.8) is 0 Å². The molecular formula is C12H12BrN3O. The van der Waals surface area contributed by atoms with Gasteiger partial charge in [-0.3, -0.25) is 10.8 Å². The summed E-state index contributed by atoms with van der Waals surface area (Å²) in [5.41, 5.74) is 6.80. The van der Waals surface area contributed by atoms with Gasteiger partial charge in [0, 0.05) is 21.8 Å². The molecule has 0 aliphatic carbocycles. The summed E-state index contributed by atoms with van der Waals surface area (Å²) in [6.45, 7) is 1.30. The molecule has 0 saturated heterocycles. The van der Waals surface area contributed by atoms with Gasteiger partial charge >= 0.3 is 0 Å². The summed E-state index contributed by atoms with van der Waals surface area (Å²) in [7, 11) is 0. The van der Waals surface area contributed by atoms with Crippen molar-refractivity contribution in [1.29, 1.82) is 0 Å². The third-order valence-corrected chi connectivity index (χ3v) is 3.67. The molecule has 1 aliphatic rings. The monoisotopic (exact) mass is 293 g/mol. The number of aromatic nitrogens is 1. The second kappa shape index (κ2) is 4.25. The van der Waals surface area contributed by atoms with Crippen LogP contribution in [-0.2, 0) is 17.8 Å². The van der Waals surface area contributed by atoms with E-state index in [1.165, 1.54) is 0 Å². The maximum atomic E-state index is 5.64. The molecule has 0 spiro atoms. The number of hydrazine groups is 1. The zero-order chi connectivity index (χ0) is 11.8. The minimum absolute atomic E-state index is 0.574. The van der Waals surface area contributed by atoms with E-state index in [0.29, 0.717) is 6.61 Å². The molecule has 0 atom stereocenters. The number of nitrogens with one attached hydrogen (secondary N) is 1. The Morgan fingerprint density at radius 2 is 2.29 bits per heavy atom. The Bertz CT molecular complexity index is 585. The van der Waals surface area contributed by atoms with Gasteiger partial charge in [0.05, 0.1) is 30.1 Å². The van der Waals surface area contributed by atoms with E-state index >= 15 is 0 Å². The number of pyridine rings is 1. The highest BCUT2D eigenvalue weighted by Gasteiger charge is 2.18. The first-order valence-corrected chi connectivity index (χ1v) is 6.25. The van der Waals surface area contributed by atoms with Gasteiger partial charge in [-0.25, -0.2) is 0 Å². The average Bonchev–Trinajstić information content (AvgIpc) is 2.37. The summed E-state index contributed by atoms with van der Waals surface area (Å²) in [6, 6.07) is 5.98. The molecule has 0 bridgehead atoms. The molecule has 1 aromatic carbocycles. The lowest BCUT2D eigenvalue weighted by Gasteiger charge is -2.20. The number of hydrogen-bond acceptors (Lipinski definition) is 4. The van der Waals surface area contributed by atoms with Gasteiger partial charge in [-0.1, -0.05) is 12.1 Å². The summed E-state index contributed by atoms with van der Waals surface area (Å²) < 4.78 is 6.46. The number of nitrogen functional groups attached to an aromatic ring is 1. The smallest absolute Gasteiger partial charge is 0.0868 e. The van der Waals surface area contributed by atoms with Crippen LogP contribution in [0.25, 0.3) is 10.9 Å². The van der Waals surface area contributed by atoms with Gasteiger partial charge in [-0.05, 0) is 22.0 Å². The fourth-order valence-electron chi connectivity index (χ4n) is 2.21. The number of halogens is 1. The molecule has 17 heavy (non-hydrogen) atoms. The lowest BCUT2D eigenvalue weighted by Crippen LogP contribution is -2.18. The summed E-state index contributed by atoms with van der Waals surface area (Å²) in [5.74, 6) is 5.64. The average molecular weight is 294 g/mol. The molecule has 3 rings (SSSR count). The Morgan fingerprint density at radius 1 is 1.41 bits per heavy atom. The van der Waals surface area contributed by atoms with Crippen LogP contribution in [0.5, 0.6) is 0 Å². The van der Waals surface area contributed by atoms with Crippen LogP contribution >= 0.6 is 15.9 Å². The predicted octanol–water partition coefficient (Wildman–Crippen LogP) is 2.36. The van der Waals surface area contributed by atoms with Gasteiger partial charge in [-0.2, -0.15) is 0 Å². The number of nitrogens with two attached hydrogens (primary N) is 1. The van der Waals surface area contributed by atoms with Gasteiger partial charge in [0.25, 0.3) is 0 Å². The summed E-state index contributed by atoms with van der Waals surface area (Å²) in [5, 5.41) is 1.02. The number of benzene rings is 1. The molecule has 2 heterocycles. The van der Waals surface area contributed by atoms with Crippen molar-refractivity contribution in [2.24, 2.45) is 5.84 Å². The number of fused-ring (bicyclic) bond motifs is 2. The van der Waals surface area contributed by atoms with E-state index in [1.54, 1.807) is 0 Å². The number of rotatable bonds is 1. The van der Waals surface area contributed by atoms with Crippen LogP contribution in [0.2, 0.25) is 0 Å². The van der Waals surface area contributed by atoms with E-state index in [4.69, 9.17) is 15.6 Å². The van der Waals surface area contributed by atoms with Crippen LogP contribution in [0, 0.1) is 0 Å². The van der Waals surface area contributed by atoms with Crippen molar-refractivity contribution < 1.29 is 4.74 Å². The second-order valence-corrected chi connectivity index (χ2v) is 4.85. The third-order valence-electron chi connectivity index (χ3n) is 3.03. The van der Waals surface area contributed by atoms with Crippen LogP contribution in [0.4, 0.5) is 5.69 Å². The van der Waals surface area contributed by atoms with E-state index in [9.17, 15) is 0 Å². The van der Waals surface area contributed by atoms with Crippen LogP contribution in [-0.4, -0.2) is 11.6 Å². The minimum Gasteiger partial charge on any atom is -0.376 e. The maximum absolute atomic E-state index is 5.64. The lowest BCUT2D eigenvalue weighted by atomic mass is 10.0. The molecule has 0 radical (unpaired) electrons. The second-order valence-electron chi connectivity index (χ2n) is 3.99. The standard InChI is InChI=1S/C12H12BrN3O/c13-9-3-1-2-7-11(16-14)8-6-17-5-4-10(8)15-12(7)9/h1-3H,4-6,14H2,(H,15,16). The van der Waals surface area contributed by atoms with E-state index in [2.05, 4.69) is 21.4 Å². The summed E-state index contributed by atoms with van der Waals surface area (Å²) in [4.78, 5) is 4.70. The molecule has 3 N–H and O–H groups in total. The Labute approximate surface area is 107 Å². The zero-order valence-electron chi connectivity index (χ0n) is 9.16. The fraction of sp³-hybridized carbons (Fsp3) is 0.250. The van der Waals surface area contributed by atoms with Crippen molar-refractivity contribution in [2.75, 3.05) is 12.0 Å². The van der Waals surface area contributed by atoms with Gasteiger partial charge < -0.3 is 10.2 Å². The third kappa shape index (κ3) is 1.71. The van der Waals surface area contributed by atoms with Crippen molar-refractivity contribution in [2.45, 2.75) is 13.0 Å². The Balaban J connectivity index is 2.39. The topological polar surface area (TPSA) is 60.2 Å². The molecule has 0 unspecified atom stereocenters. The van der Waals surface area contributed by atoms with Crippen LogP contribution in [0.15, 0.2) is 22.7 Å². The zero-order valence-corrected chi connectivity index (χ0v) is 10.8. The molecular weight excluding hydrogens is 282 g/mol. The molecule has 2 aromatic rings. The largest absolute Gasteiger partial charge is 0.376 e. The first-order valence-electron chi connectivity index (χ1n) is 5.45. The highest BCUT2D eigenvalue weighted by atomic mass is 79.9. The summed E-state index contributed by atoms with van der Waals surface area (Å²) in [6.07, 6.45) is 0.835. The van der Waals surface area contributed by atoms with Crippen molar-refractivity contribution in [3.8, 4) is 0 Å². The molecule has 4 nitrogen and oxygen atoms in total. The SMILES string of the molecule is NNc1c2c(nc3c(Br)cccc13)CCOC2. The molecule has 0 saturated carbocycles. The van der Waals surface area contributed by atoms with E-state index in [1.807, 2.05) is 18.2 Å². The van der Waals surface area contributed by atoms with E-state index in [-0.39, 0.29) is 0 Å². The number of nitrogens with zero attached hydrogens (tertiary/aromatic N) is 1. The van der Waals surface area contributed by atoms with E-state index < -0.39 is 0 Å². The Kier molecular flexibility index (Phi) is 2.74. The molecule has 0 fully saturated rings. The normalized spacial score (nSPS) is 14.7. The number of hydrogen-bond donors (Lipinski definition) is 2. The van der Waals surface area contributed by atoms with Crippen LogP contribution in [0.3, 0.4) is 0 Å². The lowest BCUT2D eigenvalue weighted by molar-refractivity contribution is 0.110. The fourth-order valence-corrected chi connectivity index (χ4v) is 2.67. The quantitative estimate of drug-likeness (QED) is 0.626. The number of para-hydroxylation sites is 1. The first-order chi connectivity index (χ1) is 8.31. The van der Waals surface area contributed by atoms with E-state index in [0.717, 1.165) is 45.3 Å². The number of anilines is 1. The van der Waals surface area contributed by atoms with Crippen molar-refractivity contribution >= 4 is 32.5 Å². The Morgan fingerprint density at radius 3 is 3.12 bits per heavy atom. The molecule has 1 aromatic heterocycles. The molecule has 88 valence electrons. The van der Waals surface area contributed by atoms with Crippen molar-refractivity contribution in [3.05, 3.63) is 33.9 Å². The van der Waals surface area contributed by atoms with Gasteiger partial charge in [0.1, 0.15) is 0 Å². The first kappa shape index (κ1) is 11.0. The van der Waals surface area contributed by atoms with Crippen molar-refractivity contribution in [1.82, 2.24) is 4.98 Å². The van der Waals surface area contributed by atoms with Gasteiger partial charge in [0.2, 0.25) is 0 Å². The molecule has 0 amide bonds. The summed E-state index contributed by atoms with van der Waals surface area (Å²) >= 11 is 3.53. The van der Waals surface area contributed by atoms with Crippen LogP contribution < -0.4 is 11.3 Å². The maximum Gasteiger partial charge on any atom is 0.0868 e. The molecule has 1 aliphatic heterocycles. The number of ether oxygens (including phenoxy) is 1. The Hall–Kier alpha value is -1.17. The highest BCUT2D eigenvalue weighted by molar-refractivity contribution is 9.10. The van der Waals surface area contributed by atoms with Crippen LogP contribution in [0.1, 0.15) is 11.3 Å². The highest BCUT2D eigenvalue weighted by Crippen LogP contribution is 2.33. The van der Waals surface area contributed by atoms with Gasteiger partial charge in [-0.15, -0.1) is 0 Å². The minimum atomic E-state index is 0.574.